The van der Waals surface area contributed by atoms with Gasteiger partial charge in [0.05, 0.1) is 0 Å². The minimum absolute atomic E-state index is 0.0502. The van der Waals surface area contributed by atoms with E-state index in [0.29, 0.717) is 48.7 Å². The monoisotopic (exact) mass is 405 g/mol. The molecule has 1 saturated heterocycles. The smallest absolute Gasteiger partial charge is 0.272 e. The van der Waals surface area contributed by atoms with Crippen molar-refractivity contribution in [2.75, 3.05) is 19.9 Å². The van der Waals surface area contributed by atoms with E-state index in [1.165, 1.54) is 5.56 Å². The number of nitrogens with one attached hydrogen (secondary N) is 1. The van der Waals surface area contributed by atoms with E-state index in [1.807, 2.05) is 32.0 Å². The molecule has 7 nitrogen and oxygen atoms in total. The van der Waals surface area contributed by atoms with Crippen LogP contribution in [0.1, 0.15) is 39.9 Å². The van der Waals surface area contributed by atoms with Crippen LogP contribution in [0.15, 0.2) is 41.4 Å². The molecule has 7 heteroatoms. The molecule has 5 rings (SSSR count). The highest BCUT2D eigenvalue weighted by Gasteiger charge is 2.43. The molecule has 0 saturated carbocycles. The number of aryl methyl sites for hydroxylation is 2. The van der Waals surface area contributed by atoms with Gasteiger partial charge in [0, 0.05) is 37.1 Å². The Balaban J connectivity index is 1.31. The van der Waals surface area contributed by atoms with Crippen LogP contribution in [0.3, 0.4) is 0 Å². The first kappa shape index (κ1) is 18.7. The molecule has 2 aromatic rings. The number of piperidine rings is 1. The number of carbonyl (C=O) groups excluding carboxylic acids is 2. The molecule has 0 bridgehead atoms. The molecule has 1 N–H and O–H groups in total. The number of likely N-dealkylation sites (tertiary alicyclic amines) is 1. The van der Waals surface area contributed by atoms with Crippen molar-refractivity contribution in [2.24, 2.45) is 4.99 Å². The molecule has 3 heterocycles. The SMILES string of the molecule is Cc1ccc(C2=NC3(CCN(C(=O)c4ccc5c(c4)OCO5)CC3)NC2=O)cc1C. The summed E-state index contributed by atoms with van der Waals surface area (Å²) in [5.74, 6) is 1.06. The Kier molecular flexibility index (Phi) is 4.27. The van der Waals surface area contributed by atoms with Gasteiger partial charge in [-0.05, 0) is 49.2 Å². The number of ether oxygens (including phenoxy) is 2. The van der Waals surface area contributed by atoms with Gasteiger partial charge < -0.3 is 19.7 Å². The van der Waals surface area contributed by atoms with Crippen LogP contribution in [0.5, 0.6) is 11.5 Å². The molecule has 2 aromatic carbocycles. The van der Waals surface area contributed by atoms with Crippen molar-refractivity contribution in [3.05, 3.63) is 58.7 Å². The van der Waals surface area contributed by atoms with E-state index < -0.39 is 5.66 Å². The Labute approximate surface area is 174 Å². The van der Waals surface area contributed by atoms with Gasteiger partial charge in [-0.15, -0.1) is 0 Å². The summed E-state index contributed by atoms with van der Waals surface area (Å²) in [6.45, 7) is 5.31. The Morgan fingerprint density at radius 2 is 1.80 bits per heavy atom. The van der Waals surface area contributed by atoms with Crippen molar-refractivity contribution in [3.63, 3.8) is 0 Å². The van der Waals surface area contributed by atoms with Crippen molar-refractivity contribution in [3.8, 4) is 11.5 Å². The first-order chi connectivity index (χ1) is 14.4. The maximum Gasteiger partial charge on any atom is 0.272 e. The van der Waals surface area contributed by atoms with E-state index in [0.717, 1.165) is 11.1 Å². The van der Waals surface area contributed by atoms with Gasteiger partial charge in [0.15, 0.2) is 11.5 Å². The maximum atomic E-state index is 12.9. The number of benzene rings is 2. The molecule has 0 aliphatic carbocycles. The molecule has 3 aliphatic heterocycles. The van der Waals surface area contributed by atoms with E-state index in [2.05, 4.69) is 5.32 Å². The largest absolute Gasteiger partial charge is 0.454 e. The van der Waals surface area contributed by atoms with E-state index in [-0.39, 0.29) is 18.6 Å². The van der Waals surface area contributed by atoms with E-state index in [4.69, 9.17) is 14.5 Å². The topological polar surface area (TPSA) is 80.2 Å². The van der Waals surface area contributed by atoms with Crippen LogP contribution in [0.25, 0.3) is 0 Å². The molecular formula is C23H23N3O4. The lowest BCUT2D eigenvalue weighted by Gasteiger charge is -2.37. The molecular weight excluding hydrogens is 382 g/mol. The highest BCUT2D eigenvalue weighted by Crippen LogP contribution is 2.34. The van der Waals surface area contributed by atoms with Gasteiger partial charge in [-0.1, -0.05) is 12.1 Å². The summed E-state index contributed by atoms with van der Waals surface area (Å²) >= 11 is 0. The zero-order valence-corrected chi connectivity index (χ0v) is 17.0. The molecule has 1 spiro atoms. The first-order valence-corrected chi connectivity index (χ1v) is 10.1. The second kappa shape index (κ2) is 6.86. The quantitative estimate of drug-likeness (QED) is 0.833. The number of aliphatic imine (C=N–C) groups is 1. The van der Waals surface area contributed by atoms with Crippen LogP contribution in [0, 0.1) is 13.8 Å². The fourth-order valence-electron chi connectivity index (χ4n) is 4.18. The molecule has 2 amide bonds. The van der Waals surface area contributed by atoms with Gasteiger partial charge >= 0.3 is 0 Å². The standard InChI is InChI=1S/C23H23N3O4/c1-14-3-4-16(11-15(14)2)20-21(27)25-23(24-20)7-9-26(10-8-23)22(28)17-5-6-18-19(12-17)30-13-29-18/h3-6,11-12H,7-10,13H2,1-2H3,(H,25,27). The van der Waals surface area contributed by atoms with Crippen molar-refractivity contribution in [1.29, 1.82) is 0 Å². The minimum atomic E-state index is -0.628. The van der Waals surface area contributed by atoms with Crippen LogP contribution in [-0.2, 0) is 4.79 Å². The fourth-order valence-corrected chi connectivity index (χ4v) is 4.18. The lowest BCUT2D eigenvalue weighted by atomic mass is 9.97. The fraction of sp³-hybridized carbons (Fsp3) is 0.348. The van der Waals surface area contributed by atoms with Gasteiger partial charge in [-0.2, -0.15) is 0 Å². The van der Waals surface area contributed by atoms with Crippen LogP contribution >= 0.6 is 0 Å². The van der Waals surface area contributed by atoms with Gasteiger partial charge in [-0.25, -0.2) is 0 Å². The zero-order valence-electron chi connectivity index (χ0n) is 17.0. The molecule has 0 radical (unpaired) electrons. The summed E-state index contributed by atoms with van der Waals surface area (Å²) in [4.78, 5) is 32.2. The predicted molar refractivity (Wildman–Crippen MR) is 111 cm³/mol. The Morgan fingerprint density at radius 1 is 1.03 bits per heavy atom. The van der Waals surface area contributed by atoms with Crippen LogP contribution in [0.4, 0.5) is 0 Å². The van der Waals surface area contributed by atoms with Crippen LogP contribution in [-0.4, -0.2) is 48.0 Å². The third-order valence-corrected chi connectivity index (χ3v) is 6.16. The summed E-state index contributed by atoms with van der Waals surface area (Å²) in [7, 11) is 0. The van der Waals surface area contributed by atoms with Crippen molar-refractivity contribution in [1.82, 2.24) is 10.2 Å². The third-order valence-electron chi connectivity index (χ3n) is 6.16. The summed E-state index contributed by atoms with van der Waals surface area (Å²) < 4.78 is 10.7. The van der Waals surface area contributed by atoms with Crippen molar-refractivity contribution >= 4 is 17.5 Å². The highest BCUT2D eigenvalue weighted by atomic mass is 16.7. The number of hydrogen-bond donors (Lipinski definition) is 1. The summed E-state index contributed by atoms with van der Waals surface area (Å²) in [5.41, 5.74) is 3.58. The Hall–Kier alpha value is -3.35. The van der Waals surface area contributed by atoms with Gasteiger partial charge in [-0.3, -0.25) is 14.6 Å². The highest BCUT2D eigenvalue weighted by molar-refractivity contribution is 6.46. The number of nitrogens with zero attached hydrogens (tertiary/aromatic N) is 2. The van der Waals surface area contributed by atoms with Crippen LogP contribution in [0.2, 0.25) is 0 Å². The Morgan fingerprint density at radius 3 is 2.57 bits per heavy atom. The zero-order chi connectivity index (χ0) is 20.9. The lowest BCUT2D eigenvalue weighted by Crippen LogP contribution is -2.52. The number of amides is 2. The van der Waals surface area contributed by atoms with Gasteiger partial charge in [0.1, 0.15) is 11.4 Å². The molecule has 0 atom stereocenters. The van der Waals surface area contributed by atoms with Crippen LogP contribution < -0.4 is 14.8 Å². The lowest BCUT2D eigenvalue weighted by molar-refractivity contribution is -0.115. The summed E-state index contributed by atoms with van der Waals surface area (Å²) in [6, 6.07) is 11.2. The van der Waals surface area contributed by atoms with Crippen molar-refractivity contribution < 1.29 is 19.1 Å². The van der Waals surface area contributed by atoms with Gasteiger partial charge in [0.2, 0.25) is 6.79 Å². The molecule has 3 aliphatic rings. The third kappa shape index (κ3) is 3.10. The maximum absolute atomic E-state index is 12.9. The van der Waals surface area contributed by atoms with E-state index >= 15 is 0 Å². The van der Waals surface area contributed by atoms with E-state index in [1.54, 1.807) is 23.1 Å². The second-order valence-electron chi connectivity index (χ2n) is 8.11. The normalized spacial score (nSPS) is 19.1. The number of rotatable bonds is 2. The van der Waals surface area contributed by atoms with Crippen molar-refractivity contribution in [2.45, 2.75) is 32.4 Å². The number of hydrogen-bond acceptors (Lipinski definition) is 5. The molecule has 1 fully saturated rings. The first-order valence-electron chi connectivity index (χ1n) is 10.1. The second-order valence-corrected chi connectivity index (χ2v) is 8.11. The number of fused-ring (bicyclic) bond motifs is 1. The minimum Gasteiger partial charge on any atom is -0.454 e. The molecule has 0 aromatic heterocycles. The summed E-state index contributed by atoms with van der Waals surface area (Å²) in [5, 5.41) is 3.07. The number of carbonyl (C=O) groups is 2. The summed E-state index contributed by atoms with van der Waals surface area (Å²) in [6.07, 6.45) is 1.17. The predicted octanol–water partition coefficient (Wildman–Crippen LogP) is 2.58. The average Bonchev–Trinajstić information content (AvgIpc) is 3.34. The van der Waals surface area contributed by atoms with Gasteiger partial charge in [0.25, 0.3) is 11.8 Å². The Bertz CT molecular complexity index is 1080. The van der Waals surface area contributed by atoms with E-state index in [9.17, 15) is 9.59 Å². The average molecular weight is 405 g/mol. The molecule has 30 heavy (non-hydrogen) atoms. The molecule has 154 valence electrons. The molecule has 0 unspecified atom stereocenters.